The van der Waals surface area contributed by atoms with Crippen LogP contribution in [-0.2, 0) is 20.9 Å². The molecular weight excluding hydrogens is 547 g/mol. The van der Waals surface area contributed by atoms with Crippen LogP contribution in [0.4, 0.5) is 10.5 Å². The number of nitrogens with zero attached hydrogens (tertiary/aromatic N) is 1. The van der Waals surface area contributed by atoms with Gasteiger partial charge in [-0.25, -0.2) is 14.5 Å². The van der Waals surface area contributed by atoms with Gasteiger partial charge in [0.2, 0.25) is 0 Å². The summed E-state index contributed by atoms with van der Waals surface area (Å²) in [5.41, 5.74) is 1.33. The van der Waals surface area contributed by atoms with Crippen molar-refractivity contribution in [2.45, 2.75) is 13.5 Å². The maximum atomic E-state index is 13.2. The quantitative estimate of drug-likeness (QED) is 0.219. The molecule has 0 unspecified atom stereocenters. The molecule has 1 aliphatic rings. The van der Waals surface area contributed by atoms with Crippen molar-refractivity contribution in [3.63, 3.8) is 0 Å². The number of carbonyl (C=O) groups excluding carboxylic acids is 4. The minimum atomic E-state index is -0.910. The third kappa shape index (κ3) is 6.22. The third-order valence-electron chi connectivity index (χ3n) is 5.63. The fraction of sp³-hybridized carbons (Fsp3) is 0.143. The van der Waals surface area contributed by atoms with E-state index >= 15 is 0 Å². The Labute approximate surface area is 233 Å². The number of esters is 1. The van der Waals surface area contributed by atoms with Crippen LogP contribution in [0.1, 0.15) is 28.4 Å². The van der Waals surface area contributed by atoms with Gasteiger partial charge in [-0.15, -0.1) is 0 Å². The number of ether oxygens (including phenoxy) is 3. The summed E-state index contributed by atoms with van der Waals surface area (Å²) in [7, 11) is 1.24. The fourth-order valence-electron chi connectivity index (χ4n) is 3.72. The minimum Gasteiger partial charge on any atom is -0.490 e. The summed E-state index contributed by atoms with van der Waals surface area (Å²) in [6.45, 7) is 2.29. The van der Waals surface area contributed by atoms with E-state index in [9.17, 15) is 19.2 Å². The molecule has 4 amide bonds. The van der Waals surface area contributed by atoms with Crippen molar-refractivity contribution in [1.29, 1.82) is 0 Å². The van der Waals surface area contributed by atoms with Crippen LogP contribution < -0.4 is 19.7 Å². The number of carbonyl (C=O) groups is 4. The number of hydrogen-bond acceptors (Lipinski definition) is 7. The molecule has 0 spiro atoms. The third-order valence-corrected chi connectivity index (χ3v) is 6.21. The van der Waals surface area contributed by atoms with Gasteiger partial charge in [0.25, 0.3) is 11.8 Å². The molecule has 0 aliphatic carbocycles. The highest BCUT2D eigenvalue weighted by Gasteiger charge is 2.37. The Morgan fingerprint density at radius 2 is 1.69 bits per heavy atom. The number of nitrogens with one attached hydrogen (secondary N) is 1. The molecule has 1 N–H and O–H groups in total. The van der Waals surface area contributed by atoms with E-state index in [1.54, 1.807) is 43.3 Å². The second kappa shape index (κ2) is 12.0. The van der Waals surface area contributed by atoms with Gasteiger partial charge in [0.05, 0.1) is 25.0 Å². The zero-order chi connectivity index (χ0) is 28.1. The van der Waals surface area contributed by atoms with Crippen LogP contribution in [0.2, 0.25) is 10.0 Å². The van der Waals surface area contributed by atoms with Crippen molar-refractivity contribution in [1.82, 2.24) is 5.32 Å². The van der Waals surface area contributed by atoms with Crippen molar-refractivity contribution < 1.29 is 33.4 Å². The van der Waals surface area contributed by atoms with Gasteiger partial charge in [-0.2, -0.15) is 0 Å². The van der Waals surface area contributed by atoms with E-state index in [4.69, 9.17) is 32.7 Å². The molecule has 0 aromatic heterocycles. The number of urea groups is 1. The average molecular weight is 569 g/mol. The summed E-state index contributed by atoms with van der Waals surface area (Å²) in [4.78, 5) is 50.8. The topological polar surface area (TPSA) is 111 Å². The molecular formula is C28H22Cl2N2O7. The zero-order valence-electron chi connectivity index (χ0n) is 20.8. The lowest BCUT2D eigenvalue weighted by Gasteiger charge is -2.26. The van der Waals surface area contributed by atoms with E-state index in [1.807, 2.05) is 0 Å². The Bertz CT molecular complexity index is 1490. The Balaban J connectivity index is 1.60. The second-order valence-electron chi connectivity index (χ2n) is 8.16. The van der Waals surface area contributed by atoms with E-state index in [0.717, 1.165) is 10.5 Å². The highest BCUT2D eigenvalue weighted by atomic mass is 35.5. The molecule has 1 aliphatic heterocycles. The van der Waals surface area contributed by atoms with Crippen LogP contribution in [-0.4, -0.2) is 37.5 Å². The summed E-state index contributed by atoms with van der Waals surface area (Å²) in [5, 5.41) is 3.14. The Kier molecular flexibility index (Phi) is 8.53. The molecule has 1 fully saturated rings. The van der Waals surface area contributed by atoms with Crippen LogP contribution >= 0.6 is 23.2 Å². The lowest BCUT2D eigenvalue weighted by Crippen LogP contribution is -2.54. The van der Waals surface area contributed by atoms with Crippen LogP contribution in [0.25, 0.3) is 6.08 Å². The second-order valence-corrected chi connectivity index (χ2v) is 9.00. The summed E-state index contributed by atoms with van der Waals surface area (Å²) < 4.78 is 16.3. The zero-order valence-corrected chi connectivity index (χ0v) is 22.3. The first-order valence-electron chi connectivity index (χ1n) is 11.6. The molecule has 1 saturated heterocycles. The van der Waals surface area contributed by atoms with Gasteiger partial charge in [0.1, 0.15) is 12.2 Å². The standard InChI is InChI=1S/C28H22Cl2N2O7/c1-3-38-24-13-16(4-11-23(24)39-15-18-5-8-19(29)14-22(18)30)12-21-25(33)31-28(36)32(26(21)34)20-9-6-17(7-10-20)27(35)37-2/h4-14H,3,15H2,1-2H3,(H,31,33,36)/b21-12+. The van der Waals surface area contributed by atoms with E-state index in [-0.39, 0.29) is 23.4 Å². The molecule has 3 aromatic carbocycles. The largest absolute Gasteiger partial charge is 0.490 e. The van der Waals surface area contributed by atoms with Crippen LogP contribution in [0.3, 0.4) is 0 Å². The van der Waals surface area contributed by atoms with Crippen molar-refractivity contribution in [2.75, 3.05) is 18.6 Å². The number of hydrogen-bond donors (Lipinski definition) is 1. The molecule has 200 valence electrons. The van der Waals surface area contributed by atoms with Crippen LogP contribution in [0, 0.1) is 0 Å². The first kappa shape index (κ1) is 27.7. The minimum absolute atomic E-state index is 0.156. The first-order valence-corrected chi connectivity index (χ1v) is 12.4. The van der Waals surface area contributed by atoms with Crippen molar-refractivity contribution in [3.05, 3.63) is 93.0 Å². The average Bonchev–Trinajstić information content (AvgIpc) is 2.91. The van der Waals surface area contributed by atoms with E-state index < -0.39 is 23.8 Å². The lowest BCUT2D eigenvalue weighted by molar-refractivity contribution is -0.122. The van der Waals surface area contributed by atoms with Gasteiger partial charge < -0.3 is 14.2 Å². The number of anilines is 1. The van der Waals surface area contributed by atoms with Crippen molar-refractivity contribution in [2.24, 2.45) is 0 Å². The summed E-state index contributed by atoms with van der Waals surface area (Å²) in [5.74, 6) is -1.44. The summed E-state index contributed by atoms with van der Waals surface area (Å²) >= 11 is 12.2. The smallest absolute Gasteiger partial charge is 0.337 e. The molecule has 0 atom stereocenters. The molecule has 11 heteroatoms. The molecule has 3 aromatic rings. The predicted molar refractivity (Wildman–Crippen MR) is 145 cm³/mol. The fourth-order valence-corrected chi connectivity index (χ4v) is 4.18. The maximum absolute atomic E-state index is 13.2. The number of rotatable bonds is 8. The molecule has 9 nitrogen and oxygen atoms in total. The highest BCUT2D eigenvalue weighted by Crippen LogP contribution is 2.32. The molecule has 1 heterocycles. The molecule has 4 rings (SSSR count). The number of halogens is 2. The van der Waals surface area contributed by atoms with Crippen molar-refractivity contribution >= 4 is 58.8 Å². The summed E-state index contributed by atoms with van der Waals surface area (Å²) in [6.07, 6.45) is 1.35. The Hall–Kier alpha value is -4.34. The summed E-state index contributed by atoms with van der Waals surface area (Å²) in [6, 6.07) is 14.7. The van der Waals surface area contributed by atoms with Gasteiger partial charge in [-0.1, -0.05) is 35.3 Å². The predicted octanol–water partition coefficient (Wildman–Crippen LogP) is 5.42. The molecule has 0 bridgehead atoms. The maximum Gasteiger partial charge on any atom is 0.337 e. The molecule has 0 saturated carbocycles. The van der Waals surface area contributed by atoms with Gasteiger partial charge in [0.15, 0.2) is 11.5 Å². The Morgan fingerprint density at radius 1 is 0.949 bits per heavy atom. The van der Waals surface area contributed by atoms with E-state index in [1.165, 1.54) is 37.5 Å². The highest BCUT2D eigenvalue weighted by molar-refractivity contribution is 6.39. The lowest BCUT2D eigenvalue weighted by atomic mass is 10.1. The van der Waals surface area contributed by atoms with Crippen LogP contribution in [0.5, 0.6) is 11.5 Å². The number of barbiturate groups is 1. The van der Waals surface area contributed by atoms with Gasteiger partial charge in [-0.05, 0) is 67.1 Å². The molecule has 0 radical (unpaired) electrons. The number of benzene rings is 3. The number of methoxy groups -OCH3 is 1. The Morgan fingerprint density at radius 3 is 2.36 bits per heavy atom. The van der Waals surface area contributed by atoms with E-state index in [2.05, 4.69) is 10.1 Å². The number of amides is 4. The monoisotopic (exact) mass is 568 g/mol. The molecule has 39 heavy (non-hydrogen) atoms. The number of imide groups is 2. The van der Waals surface area contributed by atoms with Crippen LogP contribution in [0.15, 0.2) is 66.2 Å². The van der Waals surface area contributed by atoms with Gasteiger partial charge in [-0.3, -0.25) is 14.9 Å². The van der Waals surface area contributed by atoms with Crippen molar-refractivity contribution in [3.8, 4) is 11.5 Å². The van der Waals surface area contributed by atoms with Gasteiger partial charge >= 0.3 is 12.0 Å². The normalized spacial score (nSPS) is 14.3. The first-order chi connectivity index (χ1) is 18.7. The van der Waals surface area contributed by atoms with Gasteiger partial charge in [0, 0.05) is 15.6 Å². The SMILES string of the molecule is CCOc1cc(/C=C2\C(=O)NC(=O)N(c3ccc(C(=O)OC)cc3)C2=O)ccc1OCc1ccc(Cl)cc1Cl. The van der Waals surface area contributed by atoms with E-state index in [0.29, 0.717) is 33.7 Å².